The molecule has 15 heavy (non-hydrogen) atoms. The molecule has 2 atom stereocenters. The van der Waals surface area contributed by atoms with Gasteiger partial charge in [0.1, 0.15) is 0 Å². The minimum absolute atomic E-state index is 0.224. The predicted molar refractivity (Wildman–Crippen MR) is 61.6 cm³/mol. The Balaban J connectivity index is 2.06. The summed E-state index contributed by atoms with van der Waals surface area (Å²) in [5.74, 6) is 1.59. The second kappa shape index (κ2) is 4.42. The average molecular weight is 231 g/mol. The fourth-order valence-electron chi connectivity index (χ4n) is 2.91. The van der Waals surface area contributed by atoms with Gasteiger partial charge in [0.15, 0.2) is 9.84 Å². The Bertz CT molecular complexity index is 307. The first-order chi connectivity index (χ1) is 7.07. The number of hydrogen-bond donors (Lipinski definition) is 1. The summed E-state index contributed by atoms with van der Waals surface area (Å²) in [5.41, 5.74) is 0. The van der Waals surface area contributed by atoms with Gasteiger partial charge in [0, 0.05) is 6.04 Å². The Labute approximate surface area is 92.6 Å². The van der Waals surface area contributed by atoms with Gasteiger partial charge in [-0.3, -0.25) is 0 Å². The molecule has 2 unspecified atom stereocenters. The van der Waals surface area contributed by atoms with Crippen LogP contribution >= 0.6 is 0 Å². The molecule has 0 aromatic rings. The standard InChI is InChI=1S/C11H21NO2S/c1-9-6-12-11(8-15(13,14)7-9)10-4-2-3-5-10/h9-12H,2-8H2,1H3. The smallest absolute Gasteiger partial charge is 0.152 e. The first-order valence-electron chi connectivity index (χ1n) is 6.00. The molecule has 4 heteroatoms. The van der Waals surface area contributed by atoms with Crippen molar-refractivity contribution in [1.29, 1.82) is 0 Å². The lowest BCUT2D eigenvalue weighted by atomic mass is 9.99. The van der Waals surface area contributed by atoms with Crippen LogP contribution in [0.5, 0.6) is 0 Å². The highest BCUT2D eigenvalue weighted by Crippen LogP contribution is 2.29. The summed E-state index contributed by atoms with van der Waals surface area (Å²) in [4.78, 5) is 0. The van der Waals surface area contributed by atoms with E-state index in [-0.39, 0.29) is 12.0 Å². The molecular formula is C11H21NO2S. The molecule has 1 aliphatic carbocycles. The van der Waals surface area contributed by atoms with Crippen molar-refractivity contribution in [1.82, 2.24) is 5.32 Å². The molecule has 1 aliphatic heterocycles. The molecule has 0 aromatic carbocycles. The summed E-state index contributed by atoms with van der Waals surface area (Å²) >= 11 is 0. The molecule has 0 bridgehead atoms. The van der Waals surface area contributed by atoms with E-state index in [0.29, 0.717) is 17.4 Å². The maximum absolute atomic E-state index is 11.8. The molecule has 88 valence electrons. The summed E-state index contributed by atoms with van der Waals surface area (Å²) in [6.07, 6.45) is 4.97. The van der Waals surface area contributed by atoms with E-state index >= 15 is 0 Å². The Hall–Kier alpha value is -0.0900. The highest BCUT2D eigenvalue weighted by atomic mass is 32.2. The van der Waals surface area contributed by atoms with E-state index < -0.39 is 9.84 Å². The molecule has 1 saturated heterocycles. The topological polar surface area (TPSA) is 46.2 Å². The molecule has 2 aliphatic rings. The number of nitrogens with one attached hydrogen (secondary N) is 1. The van der Waals surface area contributed by atoms with Gasteiger partial charge >= 0.3 is 0 Å². The first-order valence-corrected chi connectivity index (χ1v) is 7.83. The van der Waals surface area contributed by atoms with Gasteiger partial charge in [-0.1, -0.05) is 19.8 Å². The lowest BCUT2D eigenvalue weighted by molar-refractivity contribution is 0.375. The molecular weight excluding hydrogens is 210 g/mol. The first kappa shape index (κ1) is 11.4. The molecule has 0 spiro atoms. The van der Waals surface area contributed by atoms with E-state index in [2.05, 4.69) is 5.32 Å². The molecule has 1 heterocycles. The summed E-state index contributed by atoms with van der Waals surface area (Å²) in [5, 5.41) is 3.45. The summed E-state index contributed by atoms with van der Waals surface area (Å²) in [6.45, 7) is 2.88. The minimum Gasteiger partial charge on any atom is -0.312 e. The third-order valence-corrected chi connectivity index (χ3v) is 5.61. The van der Waals surface area contributed by atoms with Gasteiger partial charge < -0.3 is 5.32 Å². The number of sulfone groups is 1. The normalized spacial score (nSPS) is 37.7. The molecule has 0 radical (unpaired) electrons. The monoisotopic (exact) mass is 231 g/mol. The van der Waals surface area contributed by atoms with Gasteiger partial charge in [0.05, 0.1) is 11.5 Å². The van der Waals surface area contributed by atoms with Crippen molar-refractivity contribution in [2.75, 3.05) is 18.1 Å². The van der Waals surface area contributed by atoms with Crippen molar-refractivity contribution in [3.05, 3.63) is 0 Å². The van der Waals surface area contributed by atoms with E-state index in [1.54, 1.807) is 0 Å². The van der Waals surface area contributed by atoms with E-state index in [1.165, 1.54) is 25.7 Å². The van der Waals surface area contributed by atoms with Crippen LogP contribution in [0, 0.1) is 11.8 Å². The van der Waals surface area contributed by atoms with Crippen LogP contribution in [0.3, 0.4) is 0 Å². The fraction of sp³-hybridized carbons (Fsp3) is 1.00. The zero-order chi connectivity index (χ0) is 10.9. The van der Waals surface area contributed by atoms with Crippen molar-refractivity contribution < 1.29 is 8.42 Å². The van der Waals surface area contributed by atoms with Crippen LogP contribution in [-0.4, -0.2) is 32.5 Å². The van der Waals surface area contributed by atoms with Crippen LogP contribution in [-0.2, 0) is 9.84 Å². The molecule has 1 N–H and O–H groups in total. The van der Waals surface area contributed by atoms with Crippen molar-refractivity contribution in [2.45, 2.75) is 38.6 Å². The second-order valence-corrected chi connectivity index (χ2v) is 7.40. The maximum atomic E-state index is 11.8. The molecule has 0 amide bonds. The highest BCUT2D eigenvalue weighted by Gasteiger charge is 2.32. The highest BCUT2D eigenvalue weighted by molar-refractivity contribution is 7.91. The van der Waals surface area contributed by atoms with Gasteiger partial charge in [-0.2, -0.15) is 0 Å². The lowest BCUT2D eigenvalue weighted by Crippen LogP contribution is -2.39. The third kappa shape index (κ3) is 2.94. The fourth-order valence-corrected chi connectivity index (χ4v) is 4.97. The third-order valence-electron chi connectivity index (χ3n) is 3.67. The molecule has 1 saturated carbocycles. The zero-order valence-corrected chi connectivity index (χ0v) is 10.2. The Kier molecular flexibility index (Phi) is 3.36. The van der Waals surface area contributed by atoms with E-state index in [0.717, 1.165) is 6.54 Å². The van der Waals surface area contributed by atoms with Crippen LogP contribution in [0.4, 0.5) is 0 Å². The van der Waals surface area contributed by atoms with Crippen LogP contribution in [0.15, 0.2) is 0 Å². The minimum atomic E-state index is -2.82. The summed E-state index contributed by atoms with van der Waals surface area (Å²) in [6, 6.07) is 0.224. The summed E-state index contributed by atoms with van der Waals surface area (Å²) in [7, 11) is -2.82. The Morgan fingerprint density at radius 2 is 1.80 bits per heavy atom. The lowest BCUT2D eigenvalue weighted by Gasteiger charge is -2.22. The van der Waals surface area contributed by atoms with E-state index in [9.17, 15) is 8.42 Å². The largest absolute Gasteiger partial charge is 0.312 e. The van der Waals surface area contributed by atoms with Crippen molar-refractivity contribution in [3.63, 3.8) is 0 Å². The van der Waals surface area contributed by atoms with Crippen molar-refractivity contribution >= 4 is 9.84 Å². The van der Waals surface area contributed by atoms with Crippen molar-refractivity contribution in [3.8, 4) is 0 Å². The molecule has 2 fully saturated rings. The molecule has 0 aromatic heterocycles. The van der Waals surface area contributed by atoms with E-state index in [1.807, 2.05) is 6.92 Å². The number of hydrogen-bond acceptors (Lipinski definition) is 3. The van der Waals surface area contributed by atoms with Gasteiger partial charge in [-0.05, 0) is 31.2 Å². The number of rotatable bonds is 1. The maximum Gasteiger partial charge on any atom is 0.152 e. The summed E-state index contributed by atoms with van der Waals surface area (Å²) < 4.78 is 23.6. The Morgan fingerprint density at radius 1 is 1.13 bits per heavy atom. The van der Waals surface area contributed by atoms with Gasteiger partial charge in [-0.15, -0.1) is 0 Å². The predicted octanol–water partition coefficient (Wildman–Crippen LogP) is 1.20. The second-order valence-electron chi connectivity index (χ2n) is 5.24. The van der Waals surface area contributed by atoms with Gasteiger partial charge in [0.25, 0.3) is 0 Å². The van der Waals surface area contributed by atoms with Crippen molar-refractivity contribution in [2.24, 2.45) is 11.8 Å². The average Bonchev–Trinajstić information content (AvgIpc) is 2.59. The molecule has 3 nitrogen and oxygen atoms in total. The van der Waals surface area contributed by atoms with Crippen LogP contribution < -0.4 is 5.32 Å². The SMILES string of the molecule is CC1CNC(C2CCCC2)CS(=O)(=O)C1. The van der Waals surface area contributed by atoms with Crippen LogP contribution in [0.1, 0.15) is 32.6 Å². The van der Waals surface area contributed by atoms with Gasteiger partial charge in [-0.25, -0.2) is 8.42 Å². The quantitative estimate of drug-likeness (QED) is 0.737. The zero-order valence-electron chi connectivity index (χ0n) is 9.41. The molecule has 2 rings (SSSR count). The Morgan fingerprint density at radius 3 is 2.47 bits per heavy atom. The van der Waals surface area contributed by atoms with Crippen LogP contribution in [0.2, 0.25) is 0 Å². The van der Waals surface area contributed by atoms with E-state index in [4.69, 9.17) is 0 Å². The van der Waals surface area contributed by atoms with Crippen LogP contribution in [0.25, 0.3) is 0 Å². The van der Waals surface area contributed by atoms with Gasteiger partial charge in [0.2, 0.25) is 0 Å².